The summed E-state index contributed by atoms with van der Waals surface area (Å²) >= 11 is 0. The van der Waals surface area contributed by atoms with Crippen molar-refractivity contribution >= 4 is 17.9 Å². The van der Waals surface area contributed by atoms with Gasteiger partial charge < -0.3 is 33.3 Å². The lowest BCUT2D eigenvalue weighted by atomic mass is 10.0. The minimum Gasteiger partial charge on any atom is -0.545 e. The first-order chi connectivity index (χ1) is 28.1. The Morgan fingerprint density at radius 3 is 1.28 bits per heavy atom. The van der Waals surface area contributed by atoms with Crippen LogP contribution in [0.3, 0.4) is 0 Å². The Morgan fingerprint density at radius 2 is 0.879 bits per heavy atom. The van der Waals surface area contributed by atoms with E-state index >= 15 is 0 Å². The Hall–Kier alpha value is -1.97. The summed E-state index contributed by atoms with van der Waals surface area (Å²) in [5, 5.41) is 11.7. The number of hydrogen-bond donors (Lipinski definition) is 0. The van der Waals surface area contributed by atoms with E-state index in [4.69, 9.17) is 18.9 Å². The number of carbonyl (C=O) groups is 3. The molecule has 2 atom stereocenters. The zero-order chi connectivity index (χ0) is 42.8. The number of likely N-dealkylation sites (N-methyl/N-ethyl adjacent to an activating group) is 1. The highest BCUT2D eigenvalue weighted by Crippen LogP contribution is 2.16. The number of aliphatic carboxylic acids is 1. The van der Waals surface area contributed by atoms with Gasteiger partial charge in [-0.3, -0.25) is 9.59 Å². The summed E-state index contributed by atoms with van der Waals surface area (Å²) in [6.07, 6.45) is 40.9. The standard InChI is InChI=1S/C49H93NO8/c1-6-8-10-12-14-16-18-20-22-24-26-27-29-31-33-35-37-39-46(51)56-43-45(44-57-49(48(53)54)55-42-41-50(3,4)5)58-47(52)40-38-36-34-32-30-28-25-23-21-19-17-15-13-11-9-7-2/h23,25,45,49H,6-22,24,26-44H2,1-5H3/b25-23-. The maximum Gasteiger partial charge on any atom is 0.306 e. The van der Waals surface area contributed by atoms with E-state index in [0.29, 0.717) is 23.9 Å². The molecule has 58 heavy (non-hydrogen) atoms. The Bertz CT molecular complexity index is 965. The van der Waals surface area contributed by atoms with Gasteiger partial charge in [-0.15, -0.1) is 0 Å². The molecule has 0 aliphatic rings. The zero-order valence-electron chi connectivity index (χ0n) is 38.7. The van der Waals surface area contributed by atoms with E-state index < -0.39 is 24.3 Å². The van der Waals surface area contributed by atoms with Gasteiger partial charge in [0, 0.05) is 12.8 Å². The highest BCUT2D eigenvalue weighted by molar-refractivity contribution is 5.70. The summed E-state index contributed by atoms with van der Waals surface area (Å²) in [4.78, 5) is 37.0. The number of esters is 2. The third-order valence-corrected chi connectivity index (χ3v) is 10.8. The van der Waals surface area contributed by atoms with Crippen molar-refractivity contribution in [3.05, 3.63) is 12.2 Å². The van der Waals surface area contributed by atoms with Crippen LogP contribution in [-0.4, -0.2) is 82.3 Å². The number of carbonyl (C=O) groups excluding carboxylic acids is 3. The Balaban J connectivity index is 4.37. The second-order valence-corrected chi connectivity index (χ2v) is 17.8. The molecule has 0 radical (unpaired) electrons. The number of unbranched alkanes of at least 4 members (excludes halogenated alkanes) is 28. The van der Waals surface area contributed by atoms with Gasteiger partial charge >= 0.3 is 11.9 Å². The van der Waals surface area contributed by atoms with Crippen LogP contribution in [0.5, 0.6) is 0 Å². The zero-order valence-corrected chi connectivity index (χ0v) is 38.7. The maximum absolute atomic E-state index is 12.8. The average molecular weight is 824 g/mol. The topological polar surface area (TPSA) is 111 Å². The fourth-order valence-corrected chi connectivity index (χ4v) is 6.94. The number of rotatable bonds is 45. The number of carboxylic acids is 1. The quantitative estimate of drug-likeness (QED) is 0.0196. The van der Waals surface area contributed by atoms with Crippen LogP contribution in [0.2, 0.25) is 0 Å². The monoisotopic (exact) mass is 824 g/mol. The van der Waals surface area contributed by atoms with E-state index in [9.17, 15) is 19.5 Å². The maximum atomic E-state index is 12.8. The first kappa shape index (κ1) is 56.0. The van der Waals surface area contributed by atoms with E-state index in [2.05, 4.69) is 26.0 Å². The molecule has 2 unspecified atom stereocenters. The number of hydrogen-bond acceptors (Lipinski definition) is 8. The van der Waals surface area contributed by atoms with Crippen molar-refractivity contribution in [1.82, 2.24) is 0 Å². The summed E-state index contributed by atoms with van der Waals surface area (Å²) in [5.74, 6) is -2.28. The van der Waals surface area contributed by atoms with Gasteiger partial charge in [0.1, 0.15) is 13.2 Å². The molecule has 0 aliphatic heterocycles. The normalized spacial score (nSPS) is 12.9. The molecule has 9 nitrogen and oxygen atoms in total. The van der Waals surface area contributed by atoms with Crippen LogP contribution in [0.4, 0.5) is 0 Å². The molecule has 0 saturated carbocycles. The van der Waals surface area contributed by atoms with Gasteiger partial charge in [-0.25, -0.2) is 0 Å². The van der Waals surface area contributed by atoms with Gasteiger partial charge in [-0.1, -0.05) is 187 Å². The number of quaternary nitrogens is 1. The van der Waals surface area contributed by atoms with E-state index in [-0.39, 0.29) is 32.2 Å². The van der Waals surface area contributed by atoms with Gasteiger partial charge in [0.25, 0.3) is 0 Å². The van der Waals surface area contributed by atoms with Crippen LogP contribution in [-0.2, 0) is 33.3 Å². The number of carboxylic acid groups (broad SMARTS) is 1. The summed E-state index contributed by atoms with van der Waals surface area (Å²) in [6, 6.07) is 0. The third-order valence-electron chi connectivity index (χ3n) is 10.8. The third kappa shape index (κ3) is 42.2. The molecule has 0 aromatic rings. The lowest BCUT2D eigenvalue weighted by molar-refractivity contribution is -0.870. The van der Waals surface area contributed by atoms with Crippen molar-refractivity contribution in [3.8, 4) is 0 Å². The molecule has 9 heteroatoms. The molecule has 0 bridgehead atoms. The van der Waals surface area contributed by atoms with Gasteiger partial charge in [0.15, 0.2) is 12.4 Å². The molecule has 0 N–H and O–H groups in total. The lowest BCUT2D eigenvalue weighted by Gasteiger charge is -2.26. The van der Waals surface area contributed by atoms with Crippen LogP contribution >= 0.6 is 0 Å². The van der Waals surface area contributed by atoms with Gasteiger partial charge in [0.2, 0.25) is 0 Å². The van der Waals surface area contributed by atoms with E-state index in [0.717, 1.165) is 51.4 Å². The smallest absolute Gasteiger partial charge is 0.306 e. The molecule has 0 heterocycles. The first-order valence-corrected chi connectivity index (χ1v) is 24.3. The molecular formula is C49H93NO8. The van der Waals surface area contributed by atoms with Crippen molar-refractivity contribution < 1.29 is 42.9 Å². The van der Waals surface area contributed by atoms with Gasteiger partial charge in [-0.05, 0) is 38.5 Å². The summed E-state index contributed by atoms with van der Waals surface area (Å²) in [7, 11) is 5.91. The Morgan fingerprint density at radius 1 is 0.500 bits per heavy atom. The van der Waals surface area contributed by atoms with Crippen molar-refractivity contribution in [3.63, 3.8) is 0 Å². The predicted molar refractivity (Wildman–Crippen MR) is 237 cm³/mol. The first-order valence-electron chi connectivity index (χ1n) is 24.3. The highest BCUT2D eigenvalue weighted by Gasteiger charge is 2.21. The summed E-state index contributed by atoms with van der Waals surface area (Å²) in [6.45, 7) is 4.76. The molecule has 0 aliphatic carbocycles. The number of nitrogens with zero attached hydrogens (tertiary/aromatic N) is 1. The van der Waals surface area contributed by atoms with Crippen molar-refractivity contribution in [2.45, 2.75) is 238 Å². The molecule has 0 saturated heterocycles. The second kappa shape index (κ2) is 41.8. The van der Waals surface area contributed by atoms with Crippen LogP contribution in [0.25, 0.3) is 0 Å². The Labute approximate surface area is 357 Å². The predicted octanol–water partition coefficient (Wildman–Crippen LogP) is 11.7. The van der Waals surface area contributed by atoms with Crippen LogP contribution < -0.4 is 5.11 Å². The average Bonchev–Trinajstić information content (AvgIpc) is 3.18. The number of allylic oxidation sites excluding steroid dienone is 2. The molecule has 0 aromatic carbocycles. The second-order valence-electron chi connectivity index (χ2n) is 17.8. The fourth-order valence-electron chi connectivity index (χ4n) is 6.94. The van der Waals surface area contributed by atoms with Crippen molar-refractivity contribution in [2.24, 2.45) is 0 Å². The van der Waals surface area contributed by atoms with Crippen LogP contribution in [0.15, 0.2) is 12.2 Å². The van der Waals surface area contributed by atoms with E-state index in [1.165, 1.54) is 141 Å². The van der Waals surface area contributed by atoms with E-state index in [1.807, 2.05) is 21.1 Å². The largest absolute Gasteiger partial charge is 0.545 e. The van der Waals surface area contributed by atoms with Crippen LogP contribution in [0.1, 0.15) is 226 Å². The number of ether oxygens (including phenoxy) is 4. The molecule has 342 valence electrons. The molecule has 0 aromatic heterocycles. The minimum absolute atomic E-state index is 0.149. The van der Waals surface area contributed by atoms with Gasteiger partial charge in [0.05, 0.1) is 40.3 Å². The molecule has 0 spiro atoms. The molecule has 0 rings (SSSR count). The minimum atomic E-state index is -1.62. The Kier molecular flexibility index (Phi) is 40.3. The lowest BCUT2D eigenvalue weighted by Crippen LogP contribution is -2.44. The molecule has 0 amide bonds. The van der Waals surface area contributed by atoms with E-state index in [1.54, 1.807) is 0 Å². The van der Waals surface area contributed by atoms with Gasteiger partial charge in [-0.2, -0.15) is 0 Å². The fraction of sp³-hybridized carbons (Fsp3) is 0.898. The highest BCUT2D eigenvalue weighted by atomic mass is 16.7. The van der Waals surface area contributed by atoms with Crippen LogP contribution in [0, 0.1) is 0 Å². The summed E-state index contributed by atoms with van der Waals surface area (Å²) < 4.78 is 22.6. The molecule has 0 fully saturated rings. The SMILES string of the molecule is CCCCCCCCC/C=C\CCCCCCCC(=O)OC(COC(=O)CCCCCCCCCCCCCCCCCCC)COC(OCC[N+](C)(C)C)C(=O)[O-]. The summed E-state index contributed by atoms with van der Waals surface area (Å²) in [5.41, 5.74) is 0. The van der Waals surface area contributed by atoms with Crippen molar-refractivity contribution in [2.75, 3.05) is 47.5 Å². The van der Waals surface area contributed by atoms with Crippen molar-refractivity contribution in [1.29, 1.82) is 0 Å². The molecular weight excluding hydrogens is 731 g/mol.